The van der Waals surface area contributed by atoms with E-state index in [1.54, 1.807) is 6.08 Å². The lowest BCUT2D eigenvalue weighted by molar-refractivity contribution is -0.870. The molecule has 3 unspecified atom stereocenters. The van der Waals surface area contributed by atoms with E-state index in [1.807, 2.05) is 27.2 Å². The Labute approximate surface area is 567 Å². The summed E-state index contributed by atoms with van der Waals surface area (Å²) >= 11 is 0. The van der Waals surface area contributed by atoms with Crippen molar-refractivity contribution in [3.8, 4) is 0 Å². The fraction of sp³-hybridized carbons (Fsp3) is 0.841. The molecule has 0 aliphatic heterocycles. The summed E-state index contributed by atoms with van der Waals surface area (Å²) in [5.74, 6) is -0.205. The topological polar surface area (TPSA) is 108 Å². The highest BCUT2D eigenvalue weighted by Crippen LogP contribution is 2.38. The average molecular weight is 1300 g/mol. The van der Waals surface area contributed by atoms with Crippen LogP contribution in [0.15, 0.2) is 72.9 Å². The molecule has 0 aromatic carbocycles. The molecule has 0 bridgehead atoms. The van der Waals surface area contributed by atoms with Gasteiger partial charge in [-0.3, -0.25) is 9.36 Å². The molecular weight excluding hydrogens is 1140 g/mol. The van der Waals surface area contributed by atoms with Gasteiger partial charge < -0.3 is 28.8 Å². The van der Waals surface area contributed by atoms with Crippen LogP contribution in [0.2, 0.25) is 0 Å². The molecule has 0 aromatic heterocycles. The summed E-state index contributed by atoms with van der Waals surface area (Å²) in [7, 11) is 1.25. The lowest BCUT2D eigenvalue weighted by atomic mass is 10.0. The first-order valence-corrected chi connectivity index (χ1v) is 41.3. The Morgan fingerprint density at radius 2 is 0.648 bits per heavy atom. The van der Waals surface area contributed by atoms with Crippen molar-refractivity contribution in [3.05, 3.63) is 72.9 Å². The minimum atomic E-state index is -4.62. The molecule has 0 saturated carbocycles. The first-order chi connectivity index (χ1) is 44.5. The zero-order chi connectivity index (χ0) is 66.2. The molecule has 8 nitrogen and oxygen atoms in total. The number of quaternary nitrogens is 1. The number of nitrogens with zero attached hydrogens (tertiary/aromatic N) is 1. The maximum absolute atomic E-state index is 13.1. The maximum Gasteiger partial charge on any atom is 0.268 e. The number of amides is 1. The standard InChI is InChI=1S/C82H155N2O6P/c1-6-8-10-12-14-16-18-20-22-24-26-28-30-32-34-36-37-38-39-40-41-42-43-44-45-46-47-48-50-52-54-56-58-60-62-64-66-68-70-72-74-76-82(86)83-80(79-90-91(87,88)89-78-77-84(3,4)5)81(85)75-73-71-69-67-65-63-61-59-57-55-53-51-49-35-33-31-29-27-25-23-21-19-17-15-13-11-9-7-2/h18,20,24,26,30,32,57,59,65,67,73,75,80-81,85H,6-17,19,21-23,25,27-29,31,33-56,58,60-64,66,68-72,74,76-79H2,1-5H3,(H-,83,86,87,88)/b20-18-,26-24-,32-30-,59-57+,67-65+,75-73+. The minimum absolute atomic E-state index is 0.00879. The number of phosphoric ester groups is 1. The van der Waals surface area contributed by atoms with Crippen molar-refractivity contribution in [1.82, 2.24) is 5.32 Å². The van der Waals surface area contributed by atoms with Gasteiger partial charge in [-0.25, -0.2) is 0 Å². The van der Waals surface area contributed by atoms with Gasteiger partial charge >= 0.3 is 0 Å². The number of carbonyl (C=O) groups excluding carboxylic acids is 1. The Bertz CT molecular complexity index is 1720. The van der Waals surface area contributed by atoms with E-state index in [0.717, 1.165) is 57.8 Å². The smallest absolute Gasteiger partial charge is 0.268 e. The van der Waals surface area contributed by atoms with Gasteiger partial charge in [-0.15, -0.1) is 0 Å². The molecule has 3 atom stereocenters. The molecular formula is C82H155N2O6P. The van der Waals surface area contributed by atoms with E-state index in [1.165, 1.54) is 315 Å². The SMILES string of the molecule is CCCCCCC/C=C\C/C=C\C/C=C\CCCCCCCCCCCCCCCCCCCCCCCCCCCCC(=O)NC(COP(=O)([O-])OCC[N+](C)(C)C)C(O)/C=C/CC/C=C/CC/C=C/CCCCCCCCCCCCCCCCCCCC. The molecule has 0 heterocycles. The number of aliphatic hydroxyl groups is 1. The van der Waals surface area contributed by atoms with Gasteiger partial charge in [0.2, 0.25) is 5.91 Å². The van der Waals surface area contributed by atoms with Crippen molar-refractivity contribution < 1.29 is 32.9 Å². The van der Waals surface area contributed by atoms with Crippen molar-refractivity contribution in [2.45, 2.75) is 405 Å². The lowest BCUT2D eigenvalue weighted by Gasteiger charge is -2.29. The first kappa shape index (κ1) is 88.9. The van der Waals surface area contributed by atoms with Crippen LogP contribution in [0.1, 0.15) is 393 Å². The molecule has 91 heavy (non-hydrogen) atoms. The molecule has 0 fully saturated rings. The summed E-state index contributed by atoms with van der Waals surface area (Å²) in [6.07, 6.45) is 102. The normalized spacial score (nSPS) is 13.9. The van der Waals surface area contributed by atoms with Crippen LogP contribution in [0.25, 0.3) is 0 Å². The fourth-order valence-electron chi connectivity index (χ4n) is 12.0. The Balaban J connectivity index is 3.97. The number of phosphoric acid groups is 1. The highest BCUT2D eigenvalue weighted by atomic mass is 31.2. The Hall–Kier alpha value is -2.06. The van der Waals surface area contributed by atoms with E-state index < -0.39 is 26.6 Å². The van der Waals surface area contributed by atoms with Crippen LogP contribution in [-0.2, 0) is 18.4 Å². The quantitative estimate of drug-likeness (QED) is 0.0272. The second-order valence-electron chi connectivity index (χ2n) is 28.4. The van der Waals surface area contributed by atoms with Gasteiger partial charge in [0, 0.05) is 6.42 Å². The fourth-order valence-corrected chi connectivity index (χ4v) is 12.7. The van der Waals surface area contributed by atoms with Gasteiger partial charge in [0.05, 0.1) is 39.9 Å². The van der Waals surface area contributed by atoms with Crippen LogP contribution in [0.3, 0.4) is 0 Å². The molecule has 534 valence electrons. The van der Waals surface area contributed by atoms with Gasteiger partial charge in [-0.05, 0) is 83.5 Å². The van der Waals surface area contributed by atoms with E-state index in [4.69, 9.17) is 9.05 Å². The van der Waals surface area contributed by atoms with Crippen LogP contribution in [0.5, 0.6) is 0 Å². The van der Waals surface area contributed by atoms with Crippen LogP contribution in [-0.4, -0.2) is 68.5 Å². The number of unbranched alkanes of at least 4 members (excludes halogenated alkanes) is 51. The zero-order valence-corrected chi connectivity index (χ0v) is 62.2. The lowest BCUT2D eigenvalue weighted by Crippen LogP contribution is -2.45. The molecule has 0 radical (unpaired) electrons. The molecule has 0 rings (SSSR count). The number of nitrogens with one attached hydrogen (secondary N) is 1. The minimum Gasteiger partial charge on any atom is -0.756 e. The molecule has 0 saturated heterocycles. The Kier molecular flexibility index (Phi) is 70.6. The summed E-state index contributed by atoms with van der Waals surface area (Å²) in [4.78, 5) is 25.7. The van der Waals surface area contributed by atoms with Crippen LogP contribution < -0.4 is 10.2 Å². The van der Waals surface area contributed by atoms with Gasteiger partial charge in [-0.2, -0.15) is 0 Å². The maximum atomic E-state index is 13.1. The second kappa shape index (κ2) is 72.2. The van der Waals surface area contributed by atoms with Gasteiger partial charge in [0.25, 0.3) is 7.82 Å². The van der Waals surface area contributed by atoms with E-state index in [2.05, 4.69) is 79.9 Å². The monoisotopic (exact) mass is 1300 g/mol. The van der Waals surface area contributed by atoms with Gasteiger partial charge in [0.1, 0.15) is 13.2 Å². The van der Waals surface area contributed by atoms with Crippen LogP contribution in [0, 0.1) is 0 Å². The Morgan fingerprint density at radius 1 is 0.385 bits per heavy atom. The van der Waals surface area contributed by atoms with Crippen LogP contribution >= 0.6 is 7.82 Å². The predicted octanol–water partition coefficient (Wildman–Crippen LogP) is 25.4. The molecule has 9 heteroatoms. The number of likely N-dealkylation sites (N-methyl/N-ethyl adjacent to an activating group) is 1. The second-order valence-corrected chi connectivity index (χ2v) is 29.8. The summed E-state index contributed by atoms with van der Waals surface area (Å²) in [6, 6.07) is -0.913. The Morgan fingerprint density at radius 3 is 0.967 bits per heavy atom. The number of carbonyl (C=O) groups is 1. The van der Waals surface area contributed by atoms with Crippen molar-refractivity contribution in [2.75, 3.05) is 40.9 Å². The summed E-state index contributed by atoms with van der Waals surface area (Å²) in [5.41, 5.74) is 0. The molecule has 2 N–H and O–H groups in total. The van der Waals surface area contributed by atoms with E-state index in [-0.39, 0.29) is 12.5 Å². The number of hydrogen-bond donors (Lipinski definition) is 2. The third kappa shape index (κ3) is 75.2. The summed E-state index contributed by atoms with van der Waals surface area (Å²) in [6.45, 7) is 4.66. The molecule has 0 aliphatic carbocycles. The van der Waals surface area contributed by atoms with E-state index in [0.29, 0.717) is 17.4 Å². The van der Waals surface area contributed by atoms with Crippen molar-refractivity contribution >= 4 is 13.7 Å². The van der Waals surface area contributed by atoms with Gasteiger partial charge in [0.15, 0.2) is 0 Å². The van der Waals surface area contributed by atoms with E-state index in [9.17, 15) is 19.4 Å². The number of aliphatic hydroxyl groups excluding tert-OH is 1. The van der Waals surface area contributed by atoms with Crippen molar-refractivity contribution in [1.29, 1.82) is 0 Å². The average Bonchev–Trinajstić information content (AvgIpc) is 3.59. The third-order valence-electron chi connectivity index (χ3n) is 18.1. The summed E-state index contributed by atoms with van der Waals surface area (Å²) in [5, 5.41) is 14.0. The predicted molar refractivity (Wildman–Crippen MR) is 399 cm³/mol. The van der Waals surface area contributed by atoms with Gasteiger partial charge in [-0.1, -0.05) is 376 Å². The van der Waals surface area contributed by atoms with Crippen molar-refractivity contribution in [2.24, 2.45) is 0 Å². The number of allylic oxidation sites excluding steroid dienone is 11. The third-order valence-corrected chi connectivity index (χ3v) is 19.1. The van der Waals surface area contributed by atoms with Crippen molar-refractivity contribution in [3.63, 3.8) is 0 Å². The highest BCUT2D eigenvalue weighted by Gasteiger charge is 2.23. The number of rotatable bonds is 74. The zero-order valence-electron chi connectivity index (χ0n) is 61.3. The molecule has 0 spiro atoms. The number of hydrogen-bond acceptors (Lipinski definition) is 6. The molecule has 0 aliphatic rings. The summed E-state index contributed by atoms with van der Waals surface area (Å²) < 4.78 is 23.5. The highest BCUT2D eigenvalue weighted by molar-refractivity contribution is 7.45. The first-order valence-electron chi connectivity index (χ1n) is 39.8. The van der Waals surface area contributed by atoms with Crippen LogP contribution in [0.4, 0.5) is 0 Å². The van der Waals surface area contributed by atoms with E-state index >= 15 is 0 Å². The molecule has 1 amide bonds. The molecule has 0 aromatic rings. The largest absolute Gasteiger partial charge is 0.756 e.